The number of nitrogens with one attached hydrogen (secondary N) is 2. The summed E-state index contributed by atoms with van der Waals surface area (Å²) >= 11 is 0. The van der Waals surface area contributed by atoms with E-state index < -0.39 is 9.85 Å². The van der Waals surface area contributed by atoms with Gasteiger partial charge in [-0.05, 0) is 12.1 Å². The summed E-state index contributed by atoms with van der Waals surface area (Å²) in [5.41, 5.74) is 1.11. The molecule has 29 heavy (non-hydrogen) atoms. The Labute approximate surface area is 165 Å². The summed E-state index contributed by atoms with van der Waals surface area (Å²) in [7, 11) is 0. The topological polar surface area (TPSA) is 138 Å². The maximum Gasteiger partial charge on any atom is 0.273 e. The maximum absolute atomic E-state index is 11.0. The number of nitro groups is 2. The Hall–Kier alpha value is -3.60. The summed E-state index contributed by atoms with van der Waals surface area (Å²) < 4.78 is 16.7. The summed E-state index contributed by atoms with van der Waals surface area (Å²) in [6, 6.07) is 8.71. The Morgan fingerprint density at radius 2 is 1.17 bits per heavy atom. The molecule has 0 saturated carbocycles. The van der Waals surface area contributed by atoms with Gasteiger partial charge in [-0.15, -0.1) is 0 Å². The van der Waals surface area contributed by atoms with Crippen LogP contribution in [0.5, 0.6) is 11.5 Å². The highest BCUT2D eigenvalue weighted by Crippen LogP contribution is 2.31. The Morgan fingerprint density at radius 1 is 0.724 bits per heavy atom. The molecular weight excluding hydrogens is 384 g/mol. The van der Waals surface area contributed by atoms with Crippen LogP contribution in [0, 0.1) is 20.2 Å². The predicted molar refractivity (Wildman–Crippen MR) is 105 cm³/mol. The molecule has 0 aliphatic carbocycles. The molecule has 11 heteroatoms. The van der Waals surface area contributed by atoms with Crippen molar-refractivity contribution in [3.63, 3.8) is 0 Å². The predicted octanol–water partition coefficient (Wildman–Crippen LogP) is 2.81. The van der Waals surface area contributed by atoms with Crippen molar-refractivity contribution in [3.8, 4) is 11.5 Å². The second-order valence-corrected chi connectivity index (χ2v) is 6.04. The maximum atomic E-state index is 11.0. The molecule has 2 aromatic carbocycles. The number of nitro benzene ring substituents is 2. The molecule has 0 fully saturated rings. The SMILES string of the molecule is O=[N+]([O-])c1ccc2c(c1)OCCOCCOc1cc([N+](=O)[O-])ccc1NCCN2. The third-order valence-corrected chi connectivity index (χ3v) is 4.08. The first-order valence-electron chi connectivity index (χ1n) is 8.92. The summed E-state index contributed by atoms with van der Waals surface area (Å²) in [5.74, 6) is 0.731. The van der Waals surface area contributed by atoms with Gasteiger partial charge in [0, 0.05) is 25.2 Å². The fourth-order valence-electron chi connectivity index (χ4n) is 2.70. The lowest BCUT2D eigenvalue weighted by molar-refractivity contribution is -0.385. The van der Waals surface area contributed by atoms with Crippen LogP contribution in [-0.4, -0.2) is 49.4 Å². The molecule has 1 heterocycles. The molecule has 0 spiro atoms. The van der Waals surface area contributed by atoms with Gasteiger partial charge in [0.1, 0.15) is 24.7 Å². The van der Waals surface area contributed by atoms with Gasteiger partial charge in [0.2, 0.25) is 0 Å². The molecule has 2 aromatic rings. The number of nitrogens with zero attached hydrogens (tertiary/aromatic N) is 2. The van der Waals surface area contributed by atoms with Gasteiger partial charge in [-0.25, -0.2) is 0 Å². The van der Waals surface area contributed by atoms with E-state index in [1.54, 1.807) is 12.1 Å². The molecule has 0 amide bonds. The highest BCUT2D eigenvalue weighted by atomic mass is 16.6. The first kappa shape index (κ1) is 20.1. The van der Waals surface area contributed by atoms with E-state index in [1.807, 2.05) is 0 Å². The van der Waals surface area contributed by atoms with Crippen LogP contribution in [0.25, 0.3) is 0 Å². The van der Waals surface area contributed by atoms with Crippen molar-refractivity contribution in [2.24, 2.45) is 0 Å². The van der Waals surface area contributed by atoms with Crippen molar-refractivity contribution >= 4 is 22.7 Å². The van der Waals surface area contributed by atoms with E-state index in [2.05, 4.69) is 10.6 Å². The highest BCUT2D eigenvalue weighted by Gasteiger charge is 2.14. The van der Waals surface area contributed by atoms with E-state index in [-0.39, 0.29) is 37.8 Å². The number of benzene rings is 2. The molecule has 1 aliphatic rings. The Balaban J connectivity index is 1.76. The lowest BCUT2D eigenvalue weighted by Crippen LogP contribution is -2.15. The average molecular weight is 404 g/mol. The lowest BCUT2D eigenvalue weighted by atomic mass is 10.2. The molecule has 3 rings (SSSR count). The van der Waals surface area contributed by atoms with Gasteiger partial charge in [0.05, 0.1) is 46.6 Å². The van der Waals surface area contributed by atoms with Crippen molar-refractivity contribution in [1.82, 2.24) is 0 Å². The quantitative estimate of drug-likeness (QED) is 0.571. The fraction of sp³-hybridized carbons (Fsp3) is 0.333. The van der Waals surface area contributed by atoms with Crippen molar-refractivity contribution in [2.45, 2.75) is 0 Å². The molecule has 11 nitrogen and oxygen atoms in total. The van der Waals surface area contributed by atoms with Crippen molar-refractivity contribution in [3.05, 3.63) is 56.6 Å². The van der Waals surface area contributed by atoms with Crippen LogP contribution < -0.4 is 20.1 Å². The number of ether oxygens (including phenoxy) is 3. The zero-order valence-corrected chi connectivity index (χ0v) is 15.5. The summed E-state index contributed by atoms with van der Waals surface area (Å²) in [4.78, 5) is 21.1. The van der Waals surface area contributed by atoms with Crippen LogP contribution in [-0.2, 0) is 4.74 Å². The standard InChI is InChI=1S/C18H20N4O7/c23-21(24)13-1-3-15-17(11-13)28-9-7-27-8-10-29-18-12-14(22(25)26)2-4-16(18)20-6-5-19-15/h1-4,11-12,19-20H,5-10H2. The van der Waals surface area contributed by atoms with Crippen LogP contribution in [0.3, 0.4) is 0 Å². The second kappa shape index (κ2) is 9.55. The number of fused-ring (bicyclic) bond motifs is 2. The van der Waals surface area contributed by atoms with Crippen LogP contribution in [0.1, 0.15) is 0 Å². The van der Waals surface area contributed by atoms with Gasteiger partial charge < -0.3 is 24.8 Å². The Morgan fingerprint density at radius 3 is 1.59 bits per heavy atom. The van der Waals surface area contributed by atoms with Crippen molar-refractivity contribution in [1.29, 1.82) is 0 Å². The molecule has 0 unspecified atom stereocenters. The molecule has 0 atom stereocenters. The first-order chi connectivity index (χ1) is 14.0. The summed E-state index contributed by atoms with van der Waals surface area (Å²) in [5, 5.41) is 28.3. The number of hydrogen-bond acceptors (Lipinski definition) is 9. The molecule has 154 valence electrons. The van der Waals surface area contributed by atoms with Crippen molar-refractivity contribution < 1.29 is 24.1 Å². The van der Waals surface area contributed by atoms with Crippen LogP contribution in [0.4, 0.5) is 22.7 Å². The third-order valence-electron chi connectivity index (χ3n) is 4.08. The molecular formula is C18H20N4O7. The van der Waals surface area contributed by atoms with Crippen molar-refractivity contribution in [2.75, 3.05) is 50.2 Å². The Kier molecular flexibility index (Phi) is 6.63. The molecule has 1 aliphatic heterocycles. The molecule has 0 aromatic heterocycles. The molecule has 0 bridgehead atoms. The number of anilines is 2. The van der Waals surface area contributed by atoms with Crippen LogP contribution in [0.15, 0.2) is 36.4 Å². The van der Waals surface area contributed by atoms with Gasteiger partial charge in [-0.3, -0.25) is 20.2 Å². The number of rotatable bonds is 2. The lowest BCUT2D eigenvalue weighted by Gasteiger charge is -2.14. The smallest absolute Gasteiger partial charge is 0.273 e. The van der Waals surface area contributed by atoms with Gasteiger partial charge in [-0.2, -0.15) is 0 Å². The van der Waals surface area contributed by atoms with E-state index in [1.165, 1.54) is 24.3 Å². The number of non-ortho nitro benzene ring substituents is 2. The monoisotopic (exact) mass is 404 g/mol. The minimum atomic E-state index is -0.481. The molecule has 0 radical (unpaired) electrons. The fourth-order valence-corrected chi connectivity index (χ4v) is 2.70. The van der Waals surface area contributed by atoms with E-state index >= 15 is 0 Å². The molecule has 2 N–H and O–H groups in total. The Bertz CT molecular complexity index is 819. The zero-order chi connectivity index (χ0) is 20.6. The van der Waals surface area contributed by atoms with Gasteiger partial charge in [-0.1, -0.05) is 0 Å². The largest absolute Gasteiger partial charge is 0.489 e. The van der Waals surface area contributed by atoms with Gasteiger partial charge in [0.15, 0.2) is 0 Å². The summed E-state index contributed by atoms with van der Waals surface area (Å²) in [6.07, 6.45) is 0. The van der Waals surface area contributed by atoms with E-state index in [0.717, 1.165) is 0 Å². The highest BCUT2D eigenvalue weighted by molar-refractivity contribution is 5.62. The van der Waals surface area contributed by atoms with Gasteiger partial charge >= 0.3 is 0 Å². The van der Waals surface area contributed by atoms with Crippen LogP contribution in [0.2, 0.25) is 0 Å². The van der Waals surface area contributed by atoms with Crippen LogP contribution >= 0.6 is 0 Å². The third kappa shape index (κ3) is 5.45. The molecule has 0 saturated heterocycles. The minimum Gasteiger partial charge on any atom is -0.489 e. The zero-order valence-electron chi connectivity index (χ0n) is 15.5. The van der Waals surface area contributed by atoms with Gasteiger partial charge in [0.25, 0.3) is 11.4 Å². The average Bonchev–Trinajstić information content (AvgIpc) is 2.71. The number of hydrogen-bond donors (Lipinski definition) is 2. The normalized spacial score (nSPS) is 14.9. The van der Waals surface area contributed by atoms with E-state index in [4.69, 9.17) is 14.2 Å². The minimum absolute atomic E-state index is 0.0635. The summed E-state index contributed by atoms with van der Waals surface area (Å²) in [6.45, 7) is 1.87. The van der Waals surface area contributed by atoms with E-state index in [9.17, 15) is 20.2 Å². The second-order valence-electron chi connectivity index (χ2n) is 6.04. The van der Waals surface area contributed by atoms with E-state index in [0.29, 0.717) is 36.0 Å². The first-order valence-corrected chi connectivity index (χ1v) is 8.92.